The van der Waals surface area contributed by atoms with Crippen LogP contribution in [0.3, 0.4) is 0 Å². The number of sulfonamides is 1. The maximum Gasteiger partial charge on any atom is 0.241 e. The molecule has 0 bridgehead atoms. The van der Waals surface area contributed by atoms with Gasteiger partial charge in [0.05, 0.1) is 14.2 Å². The van der Waals surface area contributed by atoms with Gasteiger partial charge in [0, 0.05) is 36.6 Å². The largest absolute Gasteiger partial charge is 0.493 e. The van der Waals surface area contributed by atoms with Crippen molar-refractivity contribution in [2.24, 2.45) is 0 Å². The summed E-state index contributed by atoms with van der Waals surface area (Å²) < 4.78 is 38.4. The summed E-state index contributed by atoms with van der Waals surface area (Å²) in [6, 6.07) is 2.95. The lowest BCUT2D eigenvalue weighted by Gasteiger charge is -2.20. The topological polar surface area (TPSA) is 84.9 Å². The number of ether oxygens (including phenoxy) is 2. The molecule has 1 N–H and O–H groups in total. The first-order valence-corrected chi connectivity index (χ1v) is 10.4. The minimum atomic E-state index is -3.75. The van der Waals surface area contributed by atoms with Gasteiger partial charge in [0.2, 0.25) is 15.9 Å². The highest BCUT2D eigenvalue weighted by atomic mass is 79.9. The molecule has 2 rings (SSSR count). The molecule has 9 heteroatoms. The van der Waals surface area contributed by atoms with E-state index in [9.17, 15) is 13.2 Å². The molecular formula is C16H23BrN2O5S. The Morgan fingerprint density at radius 3 is 2.52 bits per heavy atom. The Balaban J connectivity index is 2.07. The highest BCUT2D eigenvalue weighted by molar-refractivity contribution is 9.10. The van der Waals surface area contributed by atoms with Crippen LogP contribution < -0.4 is 14.2 Å². The van der Waals surface area contributed by atoms with Crippen LogP contribution in [0.1, 0.15) is 25.7 Å². The van der Waals surface area contributed by atoms with Gasteiger partial charge in [-0.25, -0.2) is 13.1 Å². The second-order valence-corrected chi connectivity index (χ2v) is 8.32. The van der Waals surface area contributed by atoms with Crippen molar-refractivity contribution in [1.82, 2.24) is 9.62 Å². The van der Waals surface area contributed by atoms with E-state index >= 15 is 0 Å². The van der Waals surface area contributed by atoms with E-state index in [-0.39, 0.29) is 17.3 Å². The molecule has 1 amide bonds. The Morgan fingerprint density at radius 2 is 1.84 bits per heavy atom. The summed E-state index contributed by atoms with van der Waals surface area (Å²) in [5.74, 6) is 0.848. The molecule has 1 saturated heterocycles. The fourth-order valence-corrected chi connectivity index (χ4v) is 4.76. The summed E-state index contributed by atoms with van der Waals surface area (Å²) in [4.78, 5) is 13.7. The zero-order chi connectivity index (χ0) is 18.4. The van der Waals surface area contributed by atoms with E-state index in [0.29, 0.717) is 35.5 Å². The fraction of sp³-hybridized carbons (Fsp3) is 0.562. The van der Waals surface area contributed by atoms with Crippen LogP contribution in [0.15, 0.2) is 21.5 Å². The summed E-state index contributed by atoms with van der Waals surface area (Å²) in [7, 11) is -0.820. The number of benzene rings is 1. The molecule has 0 spiro atoms. The van der Waals surface area contributed by atoms with Crippen LogP contribution >= 0.6 is 15.9 Å². The zero-order valence-corrected chi connectivity index (χ0v) is 16.8. The summed E-state index contributed by atoms with van der Waals surface area (Å²) in [6.45, 7) is 1.21. The Kier molecular flexibility index (Phi) is 7.09. The van der Waals surface area contributed by atoms with Gasteiger partial charge >= 0.3 is 0 Å². The van der Waals surface area contributed by atoms with E-state index in [1.54, 1.807) is 11.0 Å². The van der Waals surface area contributed by atoms with E-state index in [1.165, 1.54) is 20.3 Å². The van der Waals surface area contributed by atoms with Crippen molar-refractivity contribution in [1.29, 1.82) is 0 Å². The summed E-state index contributed by atoms with van der Waals surface area (Å²) in [6.07, 6.45) is 3.43. The molecule has 1 aromatic carbocycles. The maximum atomic E-state index is 12.6. The molecule has 0 aliphatic carbocycles. The minimum absolute atomic E-state index is 0.0624. The van der Waals surface area contributed by atoms with Gasteiger partial charge in [0.25, 0.3) is 0 Å². The fourth-order valence-electron chi connectivity index (χ4n) is 2.71. The highest BCUT2D eigenvalue weighted by Gasteiger charge is 2.22. The van der Waals surface area contributed by atoms with Gasteiger partial charge in [0.1, 0.15) is 4.90 Å². The number of hydrogen-bond acceptors (Lipinski definition) is 5. The second-order valence-electron chi connectivity index (χ2n) is 5.73. The monoisotopic (exact) mass is 434 g/mol. The van der Waals surface area contributed by atoms with E-state index < -0.39 is 10.0 Å². The smallest absolute Gasteiger partial charge is 0.241 e. The standard InChI is InChI=1S/C16H23BrN2O5S/c1-23-13-10-12(17)15(11-14(13)24-2)25(21,22)18-7-9-19-8-5-3-4-6-16(19)20/h10-11,18H,3-9H2,1-2H3. The molecule has 1 aromatic rings. The molecule has 1 aliphatic heterocycles. The van der Waals surface area contributed by atoms with E-state index in [4.69, 9.17) is 9.47 Å². The number of carbonyl (C=O) groups excluding carboxylic acids is 1. The summed E-state index contributed by atoms with van der Waals surface area (Å²) in [5.41, 5.74) is 0. The number of carbonyl (C=O) groups is 1. The van der Waals surface area contributed by atoms with Gasteiger partial charge in [-0.3, -0.25) is 4.79 Å². The third kappa shape index (κ3) is 5.08. The number of rotatable bonds is 7. The predicted molar refractivity (Wildman–Crippen MR) is 97.5 cm³/mol. The van der Waals surface area contributed by atoms with Crippen LogP contribution in [0.25, 0.3) is 0 Å². The number of likely N-dealkylation sites (tertiary alicyclic amines) is 1. The number of halogens is 1. The van der Waals surface area contributed by atoms with Crippen LogP contribution in [0.2, 0.25) is 0 Å². The third-order valence-electron chi connectivity index (χ3n) is 4.07. The average Bonchev–Trinajstić information content (AvgIpc) is 2.78. The van der Waals surface area contributed by atoms with Crippen molar-refractivity contribution in [3.8, 4) is 11.5 Å². The number of hydrogen-bond donors (Lipinski definition) is 1. The van der Waals surface area contributed by atoms with Crippen molar-refractivity contribution in [3.63, 3.8) is 0 Å². The Bertz CT molecular complexity index is 723. The molecule has 0 unspecified atom stereocenters. The first-order valence-electron chi connectivity index (χ1n) is 8.08. The van der Waals surface area contributed by atoms with E-state index in [2.05, 4.69) is 20.7 Å². The molecule has 0 aromatic heterocycles. The Hall–Kier alpha value is -1.32. The molecule has 0 radical (unpaired) electrons. The summed E-state index contributed by atoms with van der Waals surface area (Å²) >= 11 is 3.26. The maximum absolute atomic E-state index is 12.6. The van der Waals surface area contributed by atoms with E-state index in [1.807, 2.05) is 0 Å². The Morgan fingerprint density at radius 1 is 1.16 bits per heavy atom. The summed E-state index contributed by atoms with van der Waals surface area (Å²) in [5, 5.41) is 0. The first-order chi connectivity index (χ1) is 11.9. The van der Waals surface area contributed by atoms with Crippen LogP contribution in [-0.2, 0) is 14.8 Å². The lowest BCUT2D eigenvalue weighted by molar-refractivity contribution is -0.130. The third-order valence-corrected chi connectivity index (χ3v) is 6.49. The van der Waals surface area contributed by atoms with Crippen molar-refractivity contribution < 1.29 is 22.7 Å². The van der Waals surface area contributed by atoms with Gasteiger partial charge in [-0.05, 0) is 34.8 Å². The average molecular weight is 435 g/mol. The number of nitrogens with one attached hydrogen (secondary N) is 1. The SMILES string of the molecule is COc1cc(Br)c(S(=O)(=O)NCCN2CCCCCC2=O)cc1OC. The Labute approximate surface area is 156 Å². The van der Waals surface area contributed by atoms with Crippen LogP contribution in [0.5, 0.6) is 11.5 Å². The molecule has 1 heterocycles. The number of amides is 1. The normalized spacial score (nSPS) is 15.8. The lowest BCUT2D eigenvalue weighted by Crippen LogP contribution is -2.38. The van der Waals surface area contributed by atoms with E-state index in [0.717, 1.165) is 19.3 Å². The molecule has 0 atom stereocenters. The molecule has 1 fully saturated rings. The zero-order valence-electron chi connectivity index (χ0n) is 14.4. The van der Waals surface area contributed by atoms with Crippen molar-refractivity contribution in [2.45, 2.75) is 30.6 Å². The van der Waals surface area contributed by atoms with Crippen molar-refractivity contribution in [2.75, 3.05) is 33.9 Å². The number of methoxy groups -OCH3 is 2. The molecule has 0 saturated carbocycles. The first kappa shape index (κ1) is 20.0. The van der Waals surface area contributed by atoms with Crippen LogP contribution in [0, 0.1) is 0 Å². The molecule has 25 heavy (non-hydrogen) atoms. The molecule has 140 valence electrons. The quantitative estimate of drug-likeness (QED) is 0.710. The van der Waals surface area contributed by atoms with Crippen LogP contribution in [0.4, 0.5) is 0 Å². The highest BCUT2D eigenvalue weighted by Crippen LogP contribution is 2.35. The van der Waals surface area contributed by atoms with Gasteiger partial charge in [-0.1, -0.05) is 6.42 Å². The van der Waals surface area contributed by atoms with Crippen molar-refractivity contribution in [3.05, 3.63) is 16.6 Å². The van der Waals surface area contributed by atoms with Crippen molar-refractivity contribution >= 4 is 31.9 Å². The molecular weight excluding hydrogens is 412 g/mol. The van der Waals surface area contributed by atoms with Gasteiger partial charge in [-0.2, -0.15) is 0 Å². The van der Waals surface area contributed by atoms with Gasteiger partial charge < -0.3 is 14.4 Å². The number of nitrogens with zero attached hydrogens (tertiary/aromatic N) is 1. The predicted octanol–water partition coefficient (Wildman–Crippen LogP) is 2.15. The van der Waals surface area contributed by atoms with Gasteiger partial charge in [0.15, 0.2) is 11.5 Å². The minimum Gasteiger partial charge on any atom is -0.493 e. The second kappa shape index (κ2) is 8.86. The van der Waals surface area contributed by atoms with Gasteiger partial charge in [-0.15, -0.1) is 0 Å². The lowest BCUT2D eigenvalue weighted by atomic mass is 10.2. The molecule has 1 aliphatic rings. The molecule has 7 nitrogen and oxygen atoms in total. The van der Waals surface area contributed by atoms with Crippen LogP contribution in [-0.4, -0.2) is 53.1 Å².